The van der Waals surface area contributed by atoms with E-state index in [0.29, 0.717) is 19.4 Å². The van der Waals surface area contributed by atoms with E-state index < -0.39 is 13.8 Å². The third-order valence-electron chi connectivity index (χ3n) is 5.99. The van der Waals surface area contributed by atoms with Crippen molar-refractivity contribution in [2.45, 2.75) is 148 Å². The maximum Gasteiger partial charge on any atom is 0.526 e. The minimum atomic E-state index is -4.72. The molecule has 0 atom stereocenters. The Morgan fingerprint density at radius 3 is 1.32 bits per heavy atom. The zero-order chi connectivity index (χ0) is 25.3. The lowest BCUT2D eigenvalue weighted by Crippen LogP contribution is -2.05. The minimum absolute atomic E-state index is 0.0106. The first-order chi connectivity index (χ1) is 16.3. The molecule has 202 valence electrons. The largest absolute Gasteiger partial charge is 0.526 e. The van der Waals surface area contributed by atoms with Gasteiger partial charge < -0.3 is 9.26 Å². The molecule has 0 amide bonds. The molecule has 0 rings (SSSR count). The number of carbonyl (C=O) groups excluding carboxylic acids is 2. The summed E-state index contributed by atoms with van der Waals surface area (Å²) in [5.41, 5.74) is 0. The van der Waals surface area contributed by atoms with Gasteiger partial charge in [-0.2, -0.15) is 0 Å². The molecule has 7 nitrogen and oxygen atoms in total. The van der Waals surface area contributed by atoms with Crippen LogP contribution in [-0.2, 0) is 23.4 Å². The summed E-state index contributed by atoms with van der Waals surface area (Å²) in [6, 6.07) is 0. The molecule has 0 aromatic carbocycles. The molecule has 0 aromatic rings. The van der Waals surface area contributed by atoms with E-state index >= 15 is 0 Å². The van der Waals surface area contributed by atoms with Crippen molar-refractivity contribution in [1.29, 1.82) is 0 Å². The van der Waals surface area contributed by atoms with Crippen LogP contribution in [0.15, 0.2) is 0 Å². The Morgan fingerprint density at radius 1 is 0.559 bits per heavy atom. The van der Waals surface area contributed by atoms with E-state index in [1.54, 1.807) is 0 Å². The summed E-state index contributed by atoms with van der Waals surface area (Å²) in [6.07, 6.45) is 23.8. The van der Waals surface area contributed by atoms with E-state index in [0.717, 1.165) is 44.9 Å². The first-order valence-electron chi connectivity index (χ1n) is 13.8. The topological polar surface area (TPSA) is 110 Å². The van der Waals surface area contributed by atoms with Gasteiger partial charge in [0.1, 0.15) is 0 Å². The molecular weight excluding hydrogens is 455 g/mol. The molecule has 2 N–H and O–H groups in total. The SMILES string of the molecule is CCCCCCCCCCCCCCCCOC(=O)CCCCCCCCC(=O)OP(=O)(O)O. The predicted octanol–water partition coefficient (Wildman–Crippen LogP) is 7.77. The number of esters is 1. The zero-order valence-electron chi connectivity index (χ0n) is 21.6. The molecule has 0 aliphatic rings. The summed E-state index contributed by atoms with van der Waals surface area (Å²) < 4.78 is 19.8. The van der Waals surface area contributed by atoms with Gasteiger partial charge in [0.15, 0.2) is 0 Å². The van der Waals surface area contributed by atoms with E-state index in [9.17, 15) is 14.2 Å². The standard InChI is InChI=1S/C26H51O7P/c1-2-3-4-5-6-7-8-9-10-11-12-15-18-21-24-32-25(27)22-19-16-13-14-17-20-23-26(28)33-34(29,30)31/h2-24H2,1H3,(H2,29,30,31). The lowest BCUT2D eigenvalue weighted by atomic mass is 10.0. The van der Waals surface area contributed by atoms with Gasteiger partial charge in [-0.05, 0) is 19.3 Å². The molecule has 0 spiro atoms. The Bertz CT molecular complexity index is 533. The molecule has 0 aliphatic carbocycles. The van der Waals surface area contributed by atoms with Crippen molar-refractivity contribution in [1.82, 2.24) is 0 Å². The fourth-order valence-electron chi connectivity index (χ4n) is 3.98. The van der Waals surface area contributed by atoms with E-state index in [4.69, 9.17) is 14.5 Å². The molecule has 0 bridgehead atoms. The first-order valence-corrected chi connectivity index (χ1v) is 15.3. The van der Waals surface area contributed by atoms with Gasteiger partial charge in [-0.1, -0.05) is 116 Å². The number of carbonyl (C=O) groups is 2. The normalized spacial score (nSPS) is 11.5. The Balaban J connectivity index is 3.26. The number of phosphoric acid groups is 1. The van der Waals surface area contributed by atoms with Gasteiger partial charge in [-0.3, -0.25) is 19.4 Å². The van der Waals surface area contributed by atoms with Crippen LogP contribution in [0.1, 0.15) is 148 Å². The van der Waals surface area contributed by atoms with Crippen LogP contribution in [0.3, 0.4) is 0 Å². The van der Waals surface area contributed by atoms with Crippen LogP contribution in [0.4, 0.5) is 0 Å². The quantitative estimate of drug-likeness (QED) is 0.0739. The molecule has 0 radical (unpaired) electrons. The van der Waals surface area contributed by atoms with Gasteiger partial charge >= 0.3 is 19.8 Å². The van der Waals surface area contributed by atoms with Gasteiger partial charge in [0, 0.05) is 12.8 Å². The minimum Gasteiger partial charge on any atom is -0.466 e. The lowest BCUT2D eigenvalue weighted by Gasteiger charge is -2.06. The molecule has 0 aliphatic heterocycles. The average Bonchev–Trinajstić information content (AvgIpc) is 2.77. The average molecular weight is 507 g/mol. The summed E-state index contributed by atoms with van der Waals surface area (Å²) in [4.78, 5) is 40.0. The number of unbranched alkanes of at least 4 members (excludes halogenated alkanes) is 18. The van der Waals surface area contributed by atoms with E-state index in [1.807, 2.05) is 0 Å². The van der Waals surface area contributed by atoms with Crippen LogP contribution in [0.5, 0.6) is 0 Å². The van der Waals surface area contributed by atoms with Crippen molar-refractivity contribution in [3.05, 3.63) is 0 Å². The second-order valence-corrected chi connectivity index (χ2v) is 10.6. The fraction of sp³-hybridized carbons (Fsp3) is 0.923. The third kappa shape index (κ3) is 27.3. The maximum atomic E-state index is 11.8. The van der Waals surface area contributed by atoms with Crippen molar-refractivity contribution < 1.29 is 33.2 Å². The summed E-state index contributed by atoms with van der Waals surface area (Å²) in [7, 11) is -4.72. The monoisotopic (exact) mass is 506 g/mol. The highest BCUT2D eigenvalue weighted by Crippen LogP contribution is 2.36. The molecule has 0 aromatic heterocycles. The summed E-state index contributed by atoms with van der Waals surface area (Å²) >= 11 is 0. The van der Waals surface area contributed by atoms with Gasteiger partial charge in [-0.15, -0.1) is 0 Å². The summed E-state index contributed by atoms with van der Waals surface area (Å²) in [6.45, 7) is 2.79. The predicted molar refractivity (Wildman–Crippen MR) is 136 cm³/mol. The number of rotatable bonds is 25. The van der Waals surface area contributed by atoms with Crippen LogP contribution in [0.2, 0.25) is 0 Å². The molecule has 0 saturated heterocycles. The van der Waals surface area contributed by atoms with Crippen LogP contribution >= 0.6 is 7.82 Å². The zero-order valence-corrected chi connectivity index (χ0v) is 22.5. The van der Waals surface area contributed by atoms with Gasteiger partial charge in [0.25, 0.3) is 0 Å². The highest BCUT2D eigenvalue weighted by atomic mass is 31.2. The van der Waals surface area contributed by atoms with E-state index in [-0.39, 0.29) is 12.4 Å². The van der Waals surface area contributed by atoms with Crippen LogP contribution < -0.4 is 0 Å². The molecule has 0 unspecified atom stereocenters. The van der Waals surface area contributed by atoms with Crippen molar-refractivity contribution >= 4 is 19.8 Å². The van der Waals surface area contributed by atoms with E-state index in [2.05, 4.69) is 11.4 Å². The molecule has 0 saturated carbocycles. The van der Waals surface area contributed by atoms with Crippen molar-refractivity contribution in [3.63, 3.8) is 0 Å². The highest BCUT2D eigenvalue weighted by molar-refractivity contribution is 7.46. The number of hydrogen-bond acceptors (Lipinski definition) is 5. The molecule has 8 heteroatoms. The second kappa shape index (κ2) is 23.8. The molecule has 34 heavy (non-hydrogen) atoms. The van der Waals surface area contributed by atoms with E-state index in [1.165, 1.54) is 77.0 Å². The van der Waals surface area contributed by atoms with Crippen LogP contribution in [-0.4, -0.2) is 28.3 Å². The number of hydrogen-bond donors (Lipinski definition) is 2. The van der Waals surface area contributed by atoms with Gasteiger partial charge in [0.05, 0.1) is 6.61 Å². The third-order valence-corrected chi connectivity index (χ3v) is 6.43. The van der Waals surface area contributed by atoms with Gasteiger partial charge in [-0.25, -0.2) is 4.57 Å². The number of ether oxygens (including phenoxy) is 1. The lowest BCUT2D eigenvalue weighted by molar-refractivity contribution is -0.144. The molecule has 0 heterocycles. The molecule has 0 fully saturated rings. The Hall–Kier alpha value is -0.910. The first kappa shape index (κ1) is 33.1. The Morgan fingerprint density at radius 2 is 0.912 bits per heavy atom. The Labute approximate surface area is 208 Å². The Kier molecular flexibility index (Phi) is 23.2. The summed E-state index contributed by atoms with van der Waals surface area (Å²) in [5.74, 6) is -0.982. The van der Waals surface area contributed by atoms with Crippen LogP contribution in [0, 0.1) is 0 Å². The summed E-state index contributed by atoms with van der Waals surface area (Å²) in [5, 5.41) is 0. The number of phosphoric ester groups is 1. The van der Waals surface area contributed by atoms with Crippen molar-refractivity contribution in [2.24, 2.45) is 0 Å². The fourth-order valence-corrected chi connectivity index (χ4v) is 4.34. The smallest absolute Gasteiger partial charge is 0.466 e. The maximum absolute atomic E-state index is 11.8. The second-order valence-electron chi connectivity index (χ2n) is 9.39. The van der Waals surface area contributed by atoms with Crippen molar-refractivity contribution in [3.8, 4) is 0 Å². The highest BCUT2D eigenvalue weighted by Gasteiger charge is 2.19. The van der Waals surface area contributed by atoms with Gasteiger partial charge in [0.2, 0.25) is 0 Å². The van der Waals surface area contributed by atoms with Crippen LogP contribution in [0.25, 0.3) is 0 Å². The van der Waals surface area contributed by atoms with Crippen molar-refractivity contribution in [2.75, 3.05) is 6.61 Å². The molecular formula is C26H51O7P.